The molecule has 0 radical (unpaired) electrons. The van der Waals surface area contributed by atoms with Crippen LogP contribution in [-0.2, 0) is 9.53 Å². The summed E-state index contributed by atoms with van der Waals surface area (Å²) in [4.78, 5) is 24.9. The molecule has 0 saturated carbocycles. The lowest BCUT2D eigenvalue weighted by atomic mass is 9.98. The fourth-order valence-corrected chi connectivity index (χ4v) is 4.25. The van der Waals surface area contributed by atoms with Crippen LogP contribution in [0.3, 0.4) is 0 Å². The van der Waals surface area contributed by atoms with Crippen molar-refractivity contribution in [3.8, 4) is 11.1 Å². The number of carbonyl (C=O) groups is 2. The number of hydrogen-bond acceptors (Lipinski definition) is 3. The number of hydrogen-bond donors (Lipinski definition) is 1. The zero-order chi connectivity index (χ0) is 18.8. The van der Waals surface area contributed by atoms with Gasteiger partial charge in [-0.1, -0.05) is 48.5 Å². The average molecular weight is 365 g/mol. The monoisotopic (exact) mass is 365 g/mol. The van der Waals surface area contributed by atoms with Gasteiger partial charge in [-0.3, -0.25) is 4.79 Å². The van der Waals surface area contributed by atoms with Crippen molar-refractivity contribution in [2.45, 2.75) is 25.2 Å². The summed E-state index contributed by atoms with van der Waals surface area (Å²) in [6.07, 6.45) is 1.32. The Bertz CT molecular complexity index is 817. The number of carboxylic acids is 1. The highest BCUT2D eigenvalue weighted by Crippen LogP contribution is 2.44. The maximum atomic E-state index is 12.5. The van der Waals surface area contributed by atoms with Crippen molar-refractivity contribution in [1.29, 1.82) is 0 Å². The van der Waals surface area contributed by atoms with Gasteiger partial charge in [0.25, 0.3) is 0 Å². The number of amides is 1. The van der Waals surface area contributed by atoms with Gasteiger partial charge in [0.2, 0.25) is 0 Å². The van der Waals surface area contributed by atoms with E-state index >= 15 is 0 Å². The van der Waals surface area contributed by atoms with Crippen LogP contribution >= 0.6 is 0 Å². The molecule has 0 bridgehead atoms. The number of aliphatic carboxylic acids is 1. The van der Waals surface area contributed by atoms with Crippen LogP contribution in [0.5, 0.6) is 0 Å². The fraction of sp³-hybridized carbons (Fsp3) is 0.364. The predicted molar refractivity (Wildman–Crippen MR) is 102 cm³/mol. The van der Waals surface area contributed by atoms with Gasteiger partial charge in [0.1, 0.15) is 6.61 Å². The molecule has 0 spiro atoms. The number of ether oxygens (including phenoxy) is 1. The van der Waals surface area contributed by atoms with Crippen LogP contribution in [0.15, 0.2) is 48.5 Å². The topological polar surface area (TPSA) is 66.8 Å². The number of likely N-dealkylation sites (tertiary alicyclic amines) is 1. The van der Waals surface area contributed by atoms with Crippen LogP contribution in [0.4, 0.5) is 4.79 Å². The summed E-state index contributed by atoms with van der Waals surface area (Å²) in [7, 11) is 0. The molecular weight excluding hydrogens is 342 g/mol. The van der Waals surface area contributed by atoms with Crippen molar-refractivity contribution in [2.75, 3.05) is 19.7 Å². The number of carboxylic acid groups (broad SMARTS) is 1. The SMILES string of the molecule is O=C(O)CC[C@H]1CCN(C(=O)OCC2c3ccccc3-c3ccccc32)C1. The third kappa shape index (κ3) is 3.54. The van der Waals surface area contributed by atoms with Gasteiger partial charge in [-0.15, -0.1) is 0 Å². The van der Waals surface area contributed by atoms with Crippen LogP contribution in [0.2, 0.25) is 0 Å². The average Bonchev–Trinajstić information content (AvgIpc) is 3.28. The third-order valence-electron chi connectivity index (χ3n) is 5.65. The summed E-state index contributed by atoms with van der Waals surface area (Å²) < 4.78 is 5.67. The third-order valence-corrected chi connectivity index (χ3v) is 5.65. The number of benzene rings is 2. The second-order valence-electron chi connectivity index (χ2n) is 7.34. The van der Waals surface area contributed by atoms with Gasteiger partial charge in [0.05, 0.1) is 0 Å². The van der Waals surface area contributed by atoms with E-state index < -0.39 is 5.97 Å². The van der Waals surface area contributed by atoms with Crippen molar-refractivity contribution in [1.82, 2.24) is 4.90 Å². The predicted octanol–water partition coefficient (Wildman–Crippen LogP) is 4.12. The van der Waals surface area contributed by atoms with E-state index in [1.54, 1.807) is 4.90 Å². The highest BCUT2D eigenvalue weighted by atomic mass is 16.6. The molecule has 1 heterocycles. The Morgan fingerprint density at radius 1 is 1.04 bits per heavy atom. The lowest BCUT2D eigenvalue weighted by Gasteiger charge is -2.19. The standard InChI is InChI=1S/C22H23NO4/c24-21(25)10-9-15-11-12-23(13-15)22(26)27-14-20-18-7-3-1-5-16(18)17-6-2-4-8-19(17)20/h1-8,15,20H,9-14H2,(H,24,25)/t15-/m0/s1. The second kappa shape index (κ2) is 7.43. The Morgan fingerprint density at radius 3 is 2.30 bits per heavy atom. The summed E-state index contributed by atoms with van der Waals surface area (Å²) in [5.41, 5.74) is 4.83. The Labute approximate surface area is 158 Å². The zero-order valence-electron chi connectivity index (χ0n) is 15.1. The number of rotatable bonds is 5. The van der Waals surface area contributed by atoms with Gasteiger partial charge >= 0.3 is 12.1 Å². The Kier molecular flexibility index (Phi) is 4.84. The normalized spacial score (nSPS) is 18.2. The second-order valence-corrected chi connectivity index (χ2v) is 7.34. The van der Waals surface area contributed by atoms with E-state index in [1.807, 2.05) is 24.3 Å². The molecule has 5 heteroatoms. The summed E-state index contributed by atoms with van der Waals surface area (Å²) in [5, 5.41) is 8.81. The molecule has 1 aliphatic carbocycles. The molecular formula is C22H23NO4. The van der Waals surface area contributed by atoms with Gasteiger partial charge in [0.15, 0.2) is 0 Å². The van der Waals surface area contributed by atoms with E-state index in [4.69, 9.17) is 9.84 Å². The molecule has 2 aromatic carbocycles. The molecule has 4 rings (SSSR count). The Morgan fingerprint density at radius 2 is 1.67 bits per heavy atom. The molecule has 1 fully saturated rings. The van der Waals surface area contributed by atoms with E-state index in [2.05, 4.69) is 24.3 Å². The Hall–Kier alpha value is -2.82. The van der Waals surface area contributed by atoms with Crippen LogP contribution in [0.1, 0.15) is 36.3 Å². The summed E-state index contributed by atoms with van der Waals surface area (Å²) >= 11 is 0. The molecule has 1 saturated heterocycles. The zero-order valence-corrected chi connectivity index (χ0v) is 15.1. The highest BCUT2D eigenvalue weighted by molar-refractivity contribution is 5.79. The molecule has 1 atom stereocenters. The minimum atomic E-state index is -0.783. The first-order chi connectivity index (χ1) is 13.1. The quantitative estimate of drug-likeness (QED) is 0.865. The Balaban J connectivity index is 1.39. The van der Waals surface area contributed by atoms with Gasteiger partial charge in [-0.05, 0) is 41.0 Å². The van der Waals surface area contributed by atoms with Crippen LogP contribution < -0.4 is 0 Å². The van der Waals surface area contributed by atoms with Gasteiger partial charge in [-0.2, -0.15) is 0 Å². The molecule has 27 heavy (non-hydrogen) atoms. The van der Waals surface area contributed by atoms with Crippen molar-refractivity contribution in [2.24, 2.45) is 5.92 Å². The van der Waals surface area contributed by atoms with Crippen molar-refractivity contribution >= 4 is 12.1 Å². The molecule has 1 aliphatic heterocycles. The van der Waals surface area contributed by atoms with Gasteiger partial charge in [-0.25, -0.2) is 4.79 Å². The first-order valence-corrected chi connectivity index (χ1v) is 9.45. The van der Waals surface area contributed by atoms with E-state index in [0.717, 1.165) is 6.42 Å². The molecule has 0 unspecified atom stereocenters. The minimum absolute atomic E-state index is 0.0618. The maximum Gasteiger partial charge on any atom is 0.409 e. The fourth-order valence-electron chi connectivity index (χ4n) is 4.25. The summed E-state index contributed by atoms with van der Waals surface area (Å²) in [6, 6.07) is 16.5. The molecule has 140 valence electrons. The molecule has 5 nitrogen and oxygen atoms in total. The van der Waals surface area contributed by atoms with E-state index in [-0.39, 0.29) is 24.3 Å². The van der Waals surface area contributed by atoms with E-state index in [9.17, 15) is 9.59 Å². The highest BCUT2D eigenvalue weighted by Gasteiger charge is 2.31. The molecule has 0 aromatic heterocycles. The number of nitrogens with zero attached hydrogens (tertiary/aromatic N) is 1. The minimum Gasteiger partial charge on any atom is -0.481 e. The molecule has 2 aliphatic rings. The number of carbonyl (C=O) groups excluding carboxylic acids is 1. The molecule has 1 N–H and O–H groups in total. The maximum absolute atomic E-state index is 12.5. The first-order valence-electron chi connectivity index (χ1n) is 9.45. The van der Waals surface area contributed by atoms with Crippen molar-refractivity contribution < 1.29 is 19.4 Å². The van der Waals surface area contributed by atoms with Crippen LogP contribution in [-0.4, -0.2) is 41.8 Å². The van der Waals surface area contributed by atoms with Crippen molar-refractivity contribution in [3.05, 3.63) is 59.7 Å². The van der Waals surface area contributed by atoms with Crippen LogP contribution in [0.25, 0.3) is 11.1 Å². The smallest absolute Gasteiger partial charge is 0.409 e. The van der Waals surface area contributed by atoms with Crippen molar-refractivity contribution in [3.63, 3.8) is 0 Å². The van der Waals surface area contributed by atoms with Gasteiger partial charge < -0.3 is 14.7 Å². The summed E-state index contributed by atoms with van der Waals surface area (Å²) in [5.74, 6) is -0.470. The number of fused-ring (bicyclic) bond motifs is 3. The van der Waals surface area contributed by atoms with Gasteiger partial charge in [0, 0.05) is 25.4 Å². The first kappa shape index (κ1) is 17.6. The lowest BCUT2D eigenvalue weighted by Crippen LogP contribution is -2.30. The largest absolute Gasteiger partial charge is 0.481 e. The van der Waals surface area contributed by atoms with E-state index in [0.29, 0.717) is 26.1 Å². The lowest BCUT2D eigenvalue weighted by molar-refractivity contribution is -0.137. The molecule has 1 amide bonds. The van der Waals surface area contributed by atoms with E-state index in [1.165, 1.54) is 22.3 Å². The summed E-state index contributed by atoms with van der Waals surface area (Å²) in [6.45, 7) is 1.55. The molecule has 2 aromatic rings. The van der Waals surface area contributed by atoms with Crippen LogP contribution in [0, 0.1) is 5.92 Å².